The first-order valence-corrected chi connectivity index (χ1v) is 18.8. The zero-order valence-electron chi connectivity index (χ0n) is 28.4. The van der Waals surface area contributed by atoms with Crippen molar-refractivity contribution in [1.29, 1.82) is 0 Å². The fourth-order valence-electron chi connectivity index (χ4n) is 7.24. The van der Waals surface area contributed by atoms with E-state index in [1.165, 1.54) is 11.3 Å². The van der Waals surface area contributed by atoms with E-state index >= 15 is 0 Å². The van der Waals surface area contributed by atoms with Crippen molar-refractivity contribution in [2.75, 3.05) is 19.0 Å². The number of carbonyl (C=O) groups excluding carboxylic acids is 3. The number of anilines is 1. The highest BCUT2D eigenvalue weighted by atomic mass is 35.5. The molecule has 1 saturated carbocycles. The maximum atomic E-state index is 14.6. The number of hydroxylamine groups is 1. The number of fused-ring (bicyclic) bond motifs is 3. The summed E-state index contributed by atoms with van der Waals surface area (Å²) in [5, 5.41) is 7.60. The molecule has 0 bridgehead atoms. The highest BCUT2D eigenvalue weighted by Gasteiger charge is 2.62. The second-order valence-electron chi connectivity index (χ2n) is 13.6. The van der Waals surface area contributed by atoms with Gasteiger partial charge in [0.15, 0.2) is 5.75 Å². The summed E-state index contributed by atoms with van der Waals surface area (Å²) in [5.74, 6) is 0.129. The molecule has 4 aromatic rings. The van der Waals surface area contributed by atoms with Crippen LogP contribution in [0.5, 0.6) is 16.7 Å². The Morgan fingerprint density at radius 1 is 0.980 bits per heavy atom. The van der Waals surface area contributed by atoms with Crippen LogP contribution in [0.3, 0.4) is 0 Å². The molecule has 1 aliphatic carbocycles. The average molecular weight is 732 g/mol. The third-order valence-electron chi connectivity index (χ3n) is 10.1. The molecule has 7 rings (SSSR count). The zero-order chi connectivity index (χ0) is 35.4. The van der Waals surface area contributed by atoms with Crippen molar-refractivity contribution in [2.45, 2.75) is 81.5 Å². The molecule has 3 fully saturated rings. The van der Waals surface area contributed by atoms with Crippen LogP contribution in [0.2, 0.25) is 5.02 Å². The van der Waals surface area contributed by atoms with Gasteiger partial charge in [-0.1, -0.05) is 79.3 Å². The maximum Gasteiger partial charge on any atom is 0.278 e. The molecule has 0 spiro atoms. The molecular formula is C38H42ClN5O6S. The molecule has 268 valence electrons. The molecule has 3 amide bonds. The van der Waals surface area contributed by atoms with Crippen LogP contribution < -0.4 is 30.4 Å². The lowest BCUT2D eigenvalue weighted by Gasteiger charge is -2.30. The van der Waals surface area contributed by atoms with Crippen LogP contribution in [-0.4, -0.2) is 65.0 Å². The molecule has 11 nitrogen and oxygen atoms in total. The van der Waals surface area contributed by atoms with Gasteiger partial charge in [0.1, 0.15) is 29.5 Å². The van der Waals surface area contributed by atoms with Gasteiger partial charge >= 0.3 is 0 Å². The van der Waals surface area contributed by atoms with Crippen molar-refractivity contribution < 1.29 is 28.7 Å². The number of halogens is 1. The molecule has 5 atom stereocenters. The number of amides is 3. The van der Waals surface area contributed by atoms with Crippen LogP contribution in [0, 0.1) is 5.92 Å². The van der Waals surface area contributed by atoms with E-state index in [9.17, 15) is 14.4 Å². The Hall–Kier alpha value is -4.55. The summed E-state index contributed by atoms with van der Waals surface area (Å²) in [7, 11) is 1.60. The minimum Gasteiger partial charge on any atom is -0.497 e. The predicted octanol–water partition coefficient (Wildman–Crippen LogP) is 6.52. The Bertz CT molecular complexity index is 1880. The normalized spacial score (nSPS) is 25.4. The first kappa shape index (κ1) is 34.9. The molecule has 13 heteroatoms. The maximum absolute atomic E-state index is 14.6. The highest BCUT2D eigenvalue weighted by molar-refractivity contribution is 7.20. The van der Waals surface area contributed by atoms with E-state index in [0.717, 1.165) is 54.4 Å². The summed E-state index contributed by atoms with van der Waals surface area (Å²) in [6, 6.07) is 20.5. The van der Waals surface area contributed by atoms with Gasteiger partial charge in [-0.2, -0.15) is 5.48 Å². The standard InChI is InChI=1S/C38H42ClN5O6S/c1-48-28-15-10-12-26(20-28)40-31-16-9-4-2-3-6-11-24-22-38(24,36(47)43-50-27-13-7-5-8-14-27)42-34(45)32-21-29(23-44(32)35(31)46)49-37-41-30-18-17-25(39)19-33(30)51-37/h5,7-8,10,12-15,17-20,24,29,31-32,40H,2-4,6,9,11,16,21-23H2,1H3,(H,42,45)(H,43,47)/t24-,29-,31+,32+,38-/m1/s1. The number of para-hydroxylation sites is 1. The number of hydrogen-bond donors (Lipinski definition) is 3. The van der Waals surface area contributed by atoms with Gasteiger partial charge in [-0.05, 0) is 67.6 Å². The van der Waals surface area contributed by atoms with E-state index in [1.54, 1.807) is 30.2 Å². The average Bonchev–Trinajstić information content (AvgIpc) is 3.44. The van der Waals surface area contributed by atoms with Crippen LogP contribution >= 0.6 is 22.9 Å². The van der Waals surface area contributed by atoms with Crippen molar-refractivity contribution in [2.24, 2.45) is 5.92 Å². The van der Waals surface area contributed by atoms with E-state index in [0.29, 0.717) is 34.6 Å². The van der Waals surface area contributed by atoms with Crippen molar-refractivity contribution in [3.63, 3.8) is 0 Å². The van der Waals surface area contributed by atoms with Crippen LogP contribution in [0.1, 0.15) is 57.8 Å². The quantitative estimate of drug-likeness (QED) is 0.175. The molecule has 3 aromatic carbocycles. The lowest BCUT2D eigenvalue weighted by Crippen LogP contribution is -2.57. The van der Waals surface area contributed by atoms with Gasteiger partial charge in [-0.3, -0.25) is 14.4 Å². The Morgan fingerprint density at radius 2 is 1.76 bits per heavy atom. The van der Waals surface area contributed by atoms with Crippen molar-refractivity contribution in [3.05, 3.63) is 77.8 Å². The Morgan fingerprint density at radius 3 is 2.59 bits per heavy atom. The number of carbonyl (C=O) groups is 3. The van der Waals surface area contributed by atoms with Gasteiger partial charge in [0.2, 0.25) is 11.8 Å². The second kappa shape index (κ2) is 15.4. The monoisotopic (exact) mass is 731 g/mol. The molecular weight excluding hydrogens is 690 g/mol. The summed E-state index contributed by atoms with van der Waals surface area (Å²) in [4.78, 5) is 54.6. The molecule has 2 saturated heterocycles. The number of nitrogens with one attached hydrogen (secondary N) is 3. The largest absolute Gasteiger partial charge is 0.497 e. The lowest BCUT2D eigenvalue weighted by molar-refractivity contribution is -0.141. The number of benzene rings is 3. The van der Waals surface area contributed by atoms with Gasteiger partial charge in [0.25, 0.3) is 11.1 Å². The van der Waals surface area contributed by atoms with Crippen molar-refractivity contribution in [1.82, 2.24) is 20.7 Å². The molecule has 1 aromatic heterocycles. The number of thiazole rings is 1. The molecule has 3 aliphatic rings. The molecule has 3 N–H and O–H groups in total. The van der Waals surface area contributed by atoms with E-state index in [2.05, 4.69) is 21.1 Å². The number of nitrogens with zero attached hydrogens (tertiary/aromatic N) is 2. The Kier molecular flexibility index (Phi) is 10.5. The van der Waals surface area contributed by atoms with E-state index in [4.69, 9.17) is 25.9 Å². The fraction of sp³-hybridized carbons (Fsp3) is 0.421. The first-order chi connectivity index (χ1) is 24.8. The SMILES string of the molecule is COc1cccc(N[C@H]2CCCCCCC[C@@H]3C[C@@]3(C(=O)NOc3ccccc3)NC(=O)[C@@H]3C[C@@H](Oc4nc5ccc(Cl)cc5s4)CN3C2=O)c1. The summed E-state index contributed by atoms with van der Waals surface area (Å²) in [6.07, 6.45) is 6.42. The highest BCUT2D eigenvalue weighted by Crippen LogP contribution is 2.48. The molecule has 51 heavy (non-hydrogen) atoms. The van der Waals surface area contributed by atoms with E-state index in [-0.39, 0.29) is 24.8 Å². The predicted molar refractivity (Wildman–Crippen MR) is 196 cm³/mol. The topological polar surface area (TPSA) is 131 Å². The smallest absolute Gasteiger partial charge is 0.278 e. The number of rotatable bonds is 8. The van der Waals surface area contributed by atoms with Crippen LogP contribution in [0.15, 0.2) is 72.8 Å². The van der Waals surface area contributed by atoms with E-state index < -0.39 is 35.5 Å². The number of ether oxygens (including phenoxy) is 2. The number of aromatic nitrogens is 1. The van der Waals surface area contributed by atoms with Crippen LogP contribution in [-0.2, 0) is 14.4 Å². The van der Waals surface area contributed by atoms with Crippen molar-refractivity contribution in [3.8, 4) is 16.7 Å². The molecule has 0 radical (unpaired) electrons. The molecule has 2 aliphatic heterocycles. The summed E-state index contributed by atoms with van der Waals surface area (Å²) in [6.45, 7) is 0.184. The fourth-order valence-corrected chi connectivity index (χ4v) is 8.40. The third-order valence-corrected chi connectivity index (χ3v) is 11.2. The van der Waals surface area contributed by atoms with E-state index in [1.807, 2.05) is 54.6 Å². The van der Waals surface area contributed by atoms with Gasteiger partial charge in [-0.25, -0.2) is 4.98 Å². The minimum atomic E-state index is -1.13. The lowest BCUT2D eigenvalue weighted by atomic mass is 10.0. The third kappa shape index (κ3) is 8.02. The Balaban J connectivity index is 1.16. The minimum absolute atomic E-state index is 0.0411. The summed E-state index contributed by atoms with van der Waals surface area (Å²) < 4.78 is 12.7. The summed E-state index contributed by atoms with van der Waals surface area (Å²) in [5.41, 5.74) is 2.97. The zero-order valence-corrected chi connectivity index (χ0v) is 30.0. The second-order valence-corrected chi connectivity index (χ2v) is 15.0. The van der Waals surface area contributed by atoms with Gasteiger partial charge in [0.05, 0.1) is 23.9 Å². The first-order valence-electron chi connectivity index (χ1n) is 17.6. The van der Waals surface area contributed by atoms with Gasteiger partial charge < -0.3 is 29.8 Å². The van der Waals surface area contributed by atoms with Crippen molar-refractivity contribution >= 4 is 56.6 Å². The number of hydrogen-bond acceptors (Lipinski definition) is 9. The molecule has 3 heterocycles. The molecule has 0 unspecified atom stereocenters. The number of methoxy groups -OCH3 is 1. The van der Waals surface area contributed by atoms with Crippen LogP contribution in [0.4, 0.5) is 5.69 Å². The van der Waals surface area contributed by atoms with Crippen LogP contribution in [0.25, 0.3) is 10.2 Å². The Labute approximate surface area is 305 Å². The van der Waals surface area contributed by atoms with Gasteiger partial charge in [-0.15, -0.1) is 0 Å². The van der Waals surface area contributed by atoms with Gasteiger partial charge in [0, 0.05) is 23.2 Å². The summed E-state index contributed by atoms with van der Waals surface area (Å²) >= 11 is 7.58.